The fourth-order valence-corrected chi connectivity index (χ4v) is 4.61. The molecule has 0 saturated carbocycles. The standard InChI is InChI=1S/C27H29N5O4/c1-17-21-14-20(36-13-11-19-6-8-22-23(30-19)4-3-12-28-22)7-9-24(21)32(31-17)25(15-27(33)34)18-5-10-26(35-2)29-16-18/h5-10,14,16,25,28H,3-4,11-13,15H2,1-2H3,(H,33,34). The quantitative estimate of drug-likeness (QED) is 0.362. The minimum absolute atomic E-state index is 0.119. The number of anilines is 1. The molecule has 1 atom stereocenters. The largest absolute Gasteiger partial charge is 0.493 e. The van der Waals surface area contributed by atoms with Crippen LogP contribution in [-0.2, 0) is 17.6 Å². The molecule has 2 N–H and O–H groups in total. The van der Waals surface area contributed by atoms with Gasteiger partial charge in [-0.05, 0) is 61.7 Å². The van der Waals surface area contributed by atoms with Gasteiger partial charge in [0.25, 0.3) is 0 Å². The zero-order valence-corrected chi connectivity index (χ0v) is 20.4. The number of hydrogen-bond donors (Lipinski definition) is 2. The van der Waals surface area contributed by atoms with Gasteiger partial charge in [-0.3, -0.25) is 14.5 Å². The second kappa shape index (κ2) is 10.2. The van der Waals surface area contributed by atoms with Crippen LogP contribution in [0.15, 0.2) is 48.7 Å². The first kappa shape index (κ1) is 23.6. The van der Waals surface area contributed by atoms with Crippen LogP contribution in [0.1, 0.15) is 41.5 Å². The van der Waals surface area contributed by atoms with E-state index in [9.17, 15) is 9.90 Å². The van der Waals surface area contributed by atoms with E-state index in [0.29, 0.717) is 18.9 Å². The monoisotopic (exact) mass is 487 g/mol. The molecule has 1 aromatic carbocycles. The molecule has 9 nitrogen and oxygen atoms in total. The predicted molar refractivity (Wildman–Crippen MR) is 136 cm³/mol. The van der Waals surface area contributed by atoms with Crippen molar-refractivity contribution in [1.82, 2.24) is 19.7 Å². The number of aliphatic carboxylic acids is 1. The number of nitrogens with zero attached hydrogens (tertiary/aromatic N) is 4. The number of hydrogen-bond acceptors (Lipinski definition) is 7. The maximum Gasteiger partial charge on any atom is 0.305 e. The normalized spacial score (nSPS) is 13.6. The third-order valence-corrected chi connectivity index (χ3v) is 6.44. The van der Waals surface area contributed by atoms with E-state index in [-0.39, 0.29) is 6.42 Å². The smallest absolute Gasteiger partial charge is 0.305 e. The van der Waals surface area contributed by atoms with Gasteiger partial charge in [-0.1, -0.05) is 0 Å². The van der Waals surface area contributed by atoms with E-state index in [1.54, 1.807) is 24.1 Å². The van der Waals surface area contributed by atoms with Gasteiger partial charge in [0.05, 0.1) is 48.8 Å². The highest BCUT2D eigenvalue weighted by Crippen LogP contribution is 2.31. The SMILES string of the molecule is COc1ccc(C(CC(=O)O)n2nc(C)c3cc(OCCc4ccc5c(n4)CCCN5)ccc32)cn1. The van der Waals surface area contributed by atoms with Gasteiger partial charge >= 0.3 is 5.97 Å². The predicted octanol–water partition coefficient (Wildman–Crippen LogP) is 4.19. The van der Waals surface area contributed by atoms with Crippen LogP contribution >= 0.6 is 0 Å². The topological polar surface area (TPSA) is 111 Å². The molecule has 5 rings (SSSR count). The summed E-state index contributed by atoms with van der Waals surface area (Å²) < 4.78 is 12.9. The Balaban J connectivity index is 1.34. The van der Waals surface area contributed by atoms with Crippen LogP contribution < -0.4 is 14.8 Å². The van der Waals surface area contributed by atoms with Crippen molar-refractivity contribution < 1.29 is 19.4 Å². The van der Waals surface area contributed by atoms with Crippen molar-refractivity contribution in [3.05, 3.63) is 71.3 Å². The Morgan fingerprint density at radius 1 is 1.22 bits per heavy atom. The van der Waals surface area contributed by atoms with Crippen molar-refractivity contribution in [2.75, 3.05) is 25.6 Å². The number of rotatable bonds is 9. The van der Waals surface area contributed by atoms with Gasteiger partial charge in [0.15, 0.2) is 0 Å². The summed E-state index contributed by atoms with van der Waals surface area (Å²) in [6.45, 7) is 3.43. The maximum atomic E-state index is 11.7. The number of fused-ring (bicyclic) bond motifs is 2. The van der Waals surface area contributed by atoms with Crippen LogP contribution in [0, 0.1) is 6.92 Å². The number of aromatic nitrogens is 4. The summed E-state index contributed by atoms with van der Waals surface area (Å²) in [5, 5.41) is 18.6. The summed E-state index contributed by atoms with van der Waals surface area (Å²) in [6.07, 6.45) is 4.35. The van der Waals surface area contributed by atoms with E-state index in [1.165, 1.54) is 0 Å². The van der Waals surface area contributed by atoms with Crippen LogP contribution in [0.25, 0.3) is 10.9 Å². The Bertz CT molecular complexity index is 1380. The summed E-state index contributed by atoms with van der Waals surface area (Å²) >= 11 is 0. The number of benzene rings is 1. The fourth-order valence-electron chi connectivity index (χ4n) is 4.61. The van der Waals surface area contributed by atoms with E-state index >= 15 is 0 Å². The van der Waals surface area contributed by atoms with E-state index in [4.69, 9.17) is 19.6 Å². The highest BCUT2D eigenvalue weighted by atomic mass is 16.5. The zero-order valence-electron chi connectivity index (χ0n) is 20.4. The highest BCUT2D eigenvalue weighted by molar-refractivity contribution is 5.84. The van der Waals surface area contributed by atoms with Crippen molar-refractivity contribution in [2.24, 2.45) is 0 Å². The fraction of sp³-hybridized carbons (Fsp3) is 0.333. The number of carboxylic acid groups (broad SMARTS) is 1. The average Bonchev–Trinajstić information content (AvgIpc) is 3.22. The van der Waals surface area contributed by atoms with Crippen molar-refractivity contribution >= 4 is 22.6 Å². The molecule has 0 bridgehead atoms. The lowest BCUT2D eigenvalue weighted by Crippen LogP contribution is -2.16. The Morgan fingerprint density at radius 3 is 2.89 bits per heavy atom. The minimum Gasteiger partial charge on any atom is -0.493 e. The molecule has 3 aromatic heterocycles. The number of pyridine rings is 2. The summed E-state index contributed by atoms with van der Waals surface area (Å²) in [5.74, 6) is 0.299. The van der Waals surface area contributed by atoms with Crippen molar-refractivity contribution in [2.45, 2.75) is 38.6 Å². The molecule has 1 unspecified atom stereocenters. The van der Waals surface area contributed by atoms with Crippen LogP contribution in [0.3, 0.4) is 0 Å². The van der Waals surface area contributed by atoms with Crippen molar-refractivity contribution in [3.8, 4) is 11.6 Å². The summed E-state index contributed by atoms with van der Waals surface area (Å²) in [4.78, 5) is 20.7. The van der Waals surface area contributed by atoms with E-state index in [0.717, 1.165) is 64.4 Å². The Labute approximate surface area is 209 Å². The number of carbonyl (C=O) groups is 1. The number of methoxy groups -OCH3 is 1. The Hall–Kier alpha value is -4.14. The Morgan fingerprint density at radius 2 is 2.11 bits per heavy atom. The lowest BCUT2D eigenvalue weighted by atomic mass is 10.1. The highest BCUT2D eigenvalue weighted by Gasteiger charge is 2.22. The number of ether oxygens (including phenoxy) is 2. The van der Waals surface area contributed by atoms with Gasteiger partial charge in [0.2, 0.25) is 5.88 Å². The van der Waals surface area contributed by atoms with Crippen LogP contribution in [0.2, 0.25) is 0 Å². The first-order valence-electron chi connectivity index (χ1n) is 12.1. The molecule has 0 fully saturated rings. The molecule has 36 heavy (non-hydrogen) atoms. The zero-order chi connectivity index (χ0) is 25.1. The molecule has 0 saturated heterocycles. The van der Waals surface area contributed by atoms with Gasteiger partial charge < -0.3 is 19.9 Å². The second-order valence-corrected chi connectivity index (χ2v) is 8.88. The summed E-state index contributed by atoms with van der Waals surface area (Å²) in [6, 6.07) is 13.0. The molecule has 4 aromatic rings. The molecule has 0 amide bonds. The average molecular weight is 488 g/mol. The molecule has 9 heteroatoms. The van der Waals surface area contributed by atoms with Gasteiger partial charge in [0.1, 0.15) is 5.75 Å². The molecule has 1 aliphatic rings. The number of carboxylic acids is 1. The van der Waals surface area contributed by atoms with Gasteiger partial charge in [-0.15, -0.1) is 0 Å². The third kappa shape index (κ3) is 4.95. The molecular weight excluding hydrogens is 458 g/mol. The van der Waals surface area contributed by atoms with E-state index in [2.05, 4.69) is 22.4 Å². The van der Waals surface area contributed by atoms with E-state index < -0.39 is 12.0 Å². The molecule has 0 spiro atoms. The molecule has 1 aliphatic heterocycles. The Kier molecular flexibility index (Phi) is 6.71. The number of aryl methyl sites for hydroxylation is 2. The molecule has 4 heterocycles. The maximum absolute atomic E-state index is 11.7. The minimum atomic E-state index is -0.913. The number of nitrogens with one attached hydrogen (secondary N) is 1. The van der Waals surface area contributed by atoms with Crippen molar-refractivity contribution in [1.29, 1.82) is 0 Å². The first-order valence-corrected chi connectivity index (χ1v) is 12.1. The van der Waals surface area contributed by atoms with Gasteiger partial charge in [-0.25, -0.2) is 4.98 Å². The lowest BCUT2D eigenvalue weighted by Gasteiger charge is -2.18. The molecule has 0 aliphatic carbocycles. The second-order valence-electron chi connectivity index (χ2n) is 8.88. The van der Waals surface area contributed by atoms with Crippen LogP contribution in [0.5, 0.6) is 11.6 Å². The summed E-state index contributed by atoms with van der Waals surface area (Å²) in [5.41, 5.74) is 5.67. The summed E-state index contributed by atoms with van der Waals surface area (Å²) in [7, 11) is 1.54. The van der Waals surface area contributed by atoms with Crippen LogP contribution in [-0.4, -0.2) is 51.1 Å². The molecular formula is C27H29N5O4. The van der Waals surface area contributed by atoms with E-state index in [1.807, 2.05) is 31.2 Å². The van der Waals surface area contributed by atoms with Crippen LogP contribution in [0.4, 0.5) is 5.69 Å². The van der Waals surface area contributed by atoms with Gasteiger partial charge in [-0.2, -0.15) is 5.10 Å². The molecule has 186 valence electrons. The third-order valence-electron chi connectivity index (χ3n) is 6.44. The lowest BCUT2D eigenvalue weighted by molar-refractivity contribution is -0.137. The van der Waals surface area contributed by atoms with Gasteiger partial charge in [0, 0.05) is 36.3 Å². The molecule has 0 radical (unpaired) electrons. The van der Waals surface area contributed by atoms with Crippen molar-refractivity contribution in [3.63, 3.8) is 0 Å². The first-order chi connectivity index (χ1) is 17.5.